The zero-order valence-electron chi connectivity index (χ0n) is 23.0. The van der Waals surface area contributed by atoms with E-state index in [1.54, 1.807) is 0 Å². The van der Waals surface area contributed by atoms with Gasteiger partial charge >= 0.3 is 5.97 Å². The summed E-state index contributed by atoms with van der Waals surface area (Å²) in [7, 11) is 0. The quantitative estimate of drug-likeness (QED) is 0.236. The highest BCUT2D eigenvalue weighted by molar-refractivity contribution is 5.66. The number of aromatic nitrogens is 2. The fraction of sp³-hybridized carbons (Fsp3) is 0.656. The number of benzene rings is 1. The van der Waals surface area contributed by atoms with Gasteiger partial charge in [-0.05, 0) is 49.1 Å². The van der Waals surface area contributed by atoms with E-state index in [0.717, 1.165) is 36.6 Å². The second kappa shape index (κ2) is 19.0. The summed E-state index contributed by atoms with van der Waals surface area (Å²) in [5.41, 5.74) is 3.89. The third kappa shape index (κ3) is 12.6. The van der Waals surface area contributed by atoms with Crippen molar-refractivity contribution in [1.29, 1.82) is 0 Å². The van der Waals surface area contributed by atoms with Crippen LogP contribution in [0.4, 0.5) is 0 Å². The molecule has 1 aromatic heterocycles. The number of hydrogen-bond donors (Lipinski definition) is 1. The topological polar surface area (TPSA) is 63.1 Å². The highest BCUT2D eigenvalue weighted by Gasteiger charge is 2.16. The molecule has 36 heavy (non-hydrogen) atoms. The largest absolute Gasteiger partial charge is 0.481 e. The van der Waals surface area contributed by atoms with Crippen molar-refractivity contribution in [3.8, 4) is 11.4 Å². The summed E-state index contributed by atoms with van der Waals surface area (Å²) in [4.78, 5) is 19.2. The molecule has 0 unspecified atom stereocenters. The molecule has 1 fully saturated rings. The standard InChI is InChI=1S/C24H34N2.C8H16O2/c1-2-3-4-5-6-7-8-11-20-18-25-24(26-19-20)23-16-14-22(15-17-23)21-12-9-10-13-21;1-2-3-4-5-6-7-8(9)10/h14-19,21H,2-13H2,1H3;2-7H2,1H3,(H,9,10). The summed E-state index contributed by atoms with van der Waals surface area (Å²) in [5.74, 6) is 0.956. The van der Waals surface area contributed by atoms with Gasteiger partial charge in [0, 0.05) is 24.4 Å². The van der Waals surface area contributed by atoms with E-state index in [-0.39, 0.29) is 0 Å². The van der Waals surface area contributed by atoms with Crippen LogP contribution in [-0.4, -0.2) is 21.0 Å². The molecule has 1 aliphatic carbocycles. The minimum Gasteiger partial charge on any atom is -0.481 e. The Morgan fingerprint density at radius 2 is 1.31 bits per heavy atom. The van der Waals surface area contributed by atoms with Crippen LogP contribution in [0, 0.1) is 0 Å². The first kappa shape index (κ1) is 30.0. The highest BCUT2D eigenvalue weighted by Crippen LogP contribution is 2.34. The number of aliphatic carboxylic acids is 1. The van der Waals surface area contributed by atoms with Gasteiger partial charge in [0.15, 0.2) is 5.82 Å². The number of nitrogens with zero attached hydrogens (tertiary/aromatic N) is 2. The normalized spacial score (nSPS) is 13.4. The number of carboxylic acids is 1. The van der Waals surface area contributed by atoms with Crippen LogP contribution in [0.15, 0.2) is 36.7 Å². The van der Waals surface area contributed by atoms with Gasteiger partial charge in [-0.2, -0.15) is 0 Å². The predicted molar refractivity (Wildman–Crippen MR) is 151 cm³/mol. The number of aryl methyl sites for hydroxylation is 1. The van der Waals surface area contributed by atoms with Crippen LogP contribution in [0.1, 0.15) is 140 Å². The van der Waals surface area contributed by atoms with Crippen LogP contribution in [-0.2, 0) is 11.2 Å². The molecule has 0 atom stereocenters. The first-order valence-electron chi connectivity index (χ1n) is 14.8. The smallest absolute Gasteiger partial charge is 0.303 e. The van der Waals surface area contributed by atoms with Crippen LogP contribution in [0.25, 0.3) is 11.4 Å². The van der Waals surface area contributed by atoms with E-state index in [1.165, 1.54) is 101 Å². The molecule has 2 aromatic rings. The van der Waals surface area contributed by atoms with Gasteiger partial charge in [0.1, 0.15) is 0 Å². The monoisotopic (exact) mass is 494 g/mol. The van der Waals surface area contributed by atoms with Crippen molar-refractivity contribution in [3.63, 3.8) is 0 Å². The average Bonchev–Trinajstić information content (AvgIpc) is 3.44. The van der Waals surface area contributed by atoms with Gasteiger partial charge in [0.2, 0.25) is 0 Å². The van der Waals surface area contributed by atoms with Gasteiger partial charge in [0.05, 0.1) is 0 Å². The molecule has 0 spiro atoms. The Hall–Kier alpha value is -2.23. The summed E-state index contributed by atoms with van der Waals surface area (Å²) in [6.45, 7) is 4.42. The lowest BCUT2D eigenvalue weighted by Crippen LogP contribution is -1.95. The summed E-state index contributed by atoms with van der Waals surface area (Å²) in [6, 6.07) is 8.94. The van der Waals surface area contributed by atoms with Crippen molar-refractivity contribution in [3.05, 3.63) is 47.8 Å². The maximum atomic E-state index is 10.0. The molecule has 200 valence electrons. The highest BCUT2D eigenvalue weighted by atomic mass is 16.4. The molecule has 1 aliphatic rings. The predicted octanol–water partition coefficient (Wildman–Crippen LogP) is 9.53. The molecule has 4 nitrogen and oxygen atoms in total. The van der Waals surface area contributed by atoms with E-state index in [1.807, 2.05) is 12.4 Å². The Morgan fingerprint density at radius 1 is 0.778 bits per heavy atom. The zero-order valence-corrected chi connectivity index (χ0v) is 23.0. The third-order valence-electron chi connectivity index (χ3n) is 7.26. The van der Waals surface area contributed by atoms with Crippen LogP contribution in [0.2, 0.25) is 0 Å². The summed E-state index contributed by atoms with van der Waals surface area (Å²) in [5, 5.41) is 8.27. The summed E-state index contributed by atoms with van der Waals surface area (Å²) < 4.78 is 0. The molecule has 1 N–H and O–H groups in total. The SMILES string of the molecule is CCCCCCCC(=O)O.CCCCCCCCCc1cnc(-c2ccc(C3CCCC3)cc2)nc1. The Morgan fingerprint density at radius 3 is 1.86 bits per heavy atom. The lowest BCUT2D eigenvalue weighted by Gasteiger charge is -2.10. The molecular formula is C32H50N2O2. The first-order valence-corrected chi connectivity index (χ1v) is 14.8. The number of unbranched alkanes of at least 4 members (excludes halogenated alkanes) is 10. The molecule has 0 bridgehead atoms. The molecule has 3 rings (SSSR count). The Labute approximate surface area is 220 Å². The number of rotatable bonds is 16. The molecular weight excluding hydrogens is 444 g/mol. The molecule has 1 heterocycles. The van der Waals surface area contributed by atoms with Crippen molar-refractivity contribution in [2.45, 2.75) is 135 Å². The summed E-state index contributed by atoms with van der Waals surface area (Å²) in [6.07, 6.45) is 25.9. The molecule has 1 aromatic carbocycles. The lowest BCUT2D eigenvalue weighted by atomic mass is 9.96. The molecule has 0 saturated heterocycles. The fourth-order valence-electron chi connectivity index (χ4n) is 4.96. The van der Waals surface area contributed by atoms with Crippen molar-refractivity contribution in [2.75, 3.05) is 0 Å². The number of hydrogen-bond acceptors (Lipinski definition) is 3. The van der Waals surface area contributed by atoms with Crippen LogP contribution < -0.4 is 0 Å². The van der Waals surface area contributed by atoms with Gasteiger partial charge in [-0.1, -0.05) is 115 Å². The fourth-order valence-corrected chi connectivity index (χ4v) is 4.96. The van der Waals surface area contributed by atoms with Crippen molar-refractivity contribution in [2.24, 2.45) is 0 Å². The minimum atomic E-state index is -0.670. The first-order chi connectivity index (χ1) is 17.6. The van der Waals surface area contributed by atoms with E-state index < -0.39 is 5.97 Å². The average molecular weight is 495 g/mol. The van der Waals surface area contributed by atoms with Gasteiger partial charge in [-0.25, -0.2) is 9.97 Å². The molecule has 0 amide bonds. The van der Waals surface area contributed by atoms with Gasteiger partial charge in [0.25, 0.3) is 0 Å². The number of carbonyl (C=O) groups is 1. The maximum Gasteiger partial charge on any atom is 0.303 e. The van der Waals surface area contributed by atoms with Crippen molar-refractivity contribution < 1.29 is 9.90 Å². The second-order valence-electron chi connectivity index (χ2n) is 10.4. The van der Waals surface area contributed by atoms with Gasteiger partial charge < -0.3 is 5.11 Å². The van der Waals surface area contributed by atoms with Crippen LogP contribution >= 0.6 is 0 Å². The van der Waals surface area contributed by atoms with Crippen molar-refractivity contribution in [1.82, 2.24) is 9.97 Å². The maximum absolute atomic E-state index is 10.0. The molecule has 4 heteroatoms. The zero-order chi connectivity index (χ0) is 25.8. The van der Waals surface area contributed by atoms with E-state index in [4.69, 9.17) is 5.11 Å². The minimum absolute atomic E-state index is 0.337. The van der Waals surface area contributed by atoms with E-state index >= 15 is 0 Å². The van der Waals surface area contributed by atoms with E-state index in [9.17, 15) is 4.79 Å². The molecule has 0 aliphatic heterocycles. The van der Waals surface area contributed by atoms with Gasteiger partial charge in [-0.3, -0.25) is 4.79 Å². The Bertz CT molecular complexity index is 811. The summed E-state index contributed by atoms with van der Waals surface area (Å²) >= 11 is 0. The number of carboxylic acid groups (broad SMARTS) is 1. The third-order valence-corrected chi connectivity index (χ3v) is 7.26. The van der Waals surface area contributed by atoms with Crippen molar-refractivity contribution >= 4 is 5.97 Å². The Kier molecular flexibility index (Phi) is 15.8. The molecule has 1 saturated carbocycles. The van der Waals surface area contributed by atoms with Gasteiger partial charge in [-0.15, -0.1) is 0 Å². The van der Waals surface area contributed by atoms with Crippen LogP contribution in [0.5, 0.6) is 0 Å². The van der Waals surface area contributed by atoms with E-state index in [0.29, 0.717) is 6.42 Å². The van der Waals surface area contributed by atoms with Crippen LogP contribution in [0.3, 0.4) is 0 Å². The second-order valence-corrected chi connectivity index (χ2v) is 10.4. The molecule has 0 radical (unpaired) electrons. The Balaban J connectivity index is 0.000000388. The van der Waals surface area contributed by atoms with E-state index in [2.05, 4.69) is 48.1 Å². The lowest BCUT2D eigenvalue weighted by molar-refractivity contribution is -0.137.